The molecule has 0 spiro atoms. The molecule has 0 aromatic heterocycles. The van der Waals surface area contributed by atoms with E-state index in [0.717, 1.165) is 37.9 Å². The molecular formula is C13H15FN2O. The second-order valence-electron chi connectivity index (χ2n) is 4.71. The van der Waals surface area contributed by atoms with E-state index in [9.17, 15) is 9.18 Å². The SMILES string of the molecule is O=C1Nc2cc(F)ccc2N2CCCCCC12. The summed E-state index contributed by atoms with van der Waals surface area (Å²) < 4.78 is 13.2. The van der Waals surface area contributed by atoms with E-state index in [2.05, 4.69) is 10.2 Å². The lowest BCUT2D eigenvalue weighted by molar-refractivity contribution is -0.117. The van der Waals surface area contributed by atoms with Crippen LogP contribution in [0.4, 0.5) is 15.8 Å². The second-order valence-corrected chi connectivity index (χ2v) is 4.71. The fraction of sp³-hybridized carbons (Fsp3) is 0.462. The summed E-state index contributed by atoms with van der Waals surface area (Å²) in [6, 6.07) is 4.55. The molecule has 1 N–H and O–H groups in total. The summed E-state index contributed by atoms with van der Waals surface area (Å²) in [7, 11) is 0. The van der Waals surface area contributed by atoms with Gasteiger partial charge in [-0.05, 0) is 31.0 Å². The molecule has 0 saturated carbocycles. The van der Waals surface area contributed by atoms with Crippen molar-refractivity contribution in [2.24, 2.45) is 0 Å². The van der Waals surface area contributed by atoms with E-state index < -0.39 is 0 Å². The molecule has 1 saturated heterocycles. The highest BCUT2D eigenvalue weighted by Crippen LogP contribution is 2.35. The van der Waals surface area contributed by atoms with Gasteiger partial charge in [-0.1, -0.05) is 12.8 Å². The minimum atomic E-state index is -0.308. The van der Waals surface area contributed by atoms with E-state index in [1.54, 1.807) is 6.07 Å². The van der Waals surface area contributed by atoms with E-state index in [4.69, 9.17) is 0 Å². The van der Waals surface area contributed by atoms with Crippen LogP contribution in [-0.2, 0) is 4.79 Å². The summed E-state index contributed by atoms with van der Waals surface area (Å²) in [5, 5.41) is 2.81. The van der Waals surface area contributed by atoms with Gasteiger partial charge in [0.15, 0.2) is 0 Å². The minimum Gasteiger partial charge on any atom is -0.358 e. The van der Waals surface area contributed by atoms with Gasteiger partial charge in [-0.3, -0.25) is 4.79 Å². The van der Waals surface area contributed by atoms with E-state index in [1.807, 2.05) is 0 Å². The van der Waals surface area contributed by atoms with Crippen LogP contribution in [0.25, 0.3) is 0 Å². The molecule has 90 valence electrons. The van der Waals surface area contributed by atoms with Gasteiger partial charge >= 0.3 is 0 Å². The molecule has 17 heavy (non-hydrogen) atoms. The molecule has 1 fully saturated rings. The van der Waals surface area contributed by atoms with Crippen LogP contribution < -0.4 is 10.2 Å². The number of nitrogens with zero attached hydrogens (tertiary/aromatic N) is 1. The first-order valence-corrected chi connectivity index (χ1v) is 6.13. The fourth-order valence-corrected chi connectivity index (χ4v) is 2.74. The van der Waals surface area contributed by atoms with Crippen LogP contribution in [0.2, 0.25) is 0 Å². The zero-order valence-corrected chi connectivity index (χ0v) is 9.58. The summed E-state index contributed by atoms with van der Waals surface area (Å²) in [5.41, 5.74) is 1.56. The number of halogens is 1. The molecule has 1 atom stereocenters. The molecule has 1 amide bonds. The highest BCUT2D eigenvalue weighted by Gasteiger charge is 2.33. The molecule has 0 bridgehead atoms. The Balaban J connectivity index is 2.04. The first-order valence-electron chi connectivity index (χ1n) is 6.13. The number of anilines is 2. The molecule has 4 heteroatoms. The maximum absolute atomic E-state index is 13.2. The fourth-order valence-electron chi connectivity index (χ4n) is 2.74. The van der Waals surface area contributed by atoms with Crippen LogP contribution in [0.15, 0.2) is 18.2 Å². The number of carbonyl (C=O) groups excluding carboxylic acids is 1. The first kappa shape index (κ1) is 10.6. The van der Waals surface area contributed by atoms with Gasteiger partial charge in [-0.15, -0.1) is 0 Å². The second kappa shape index (κ2) is 4.02. The molecule has 2 heterocycles. The third-order valence-corrected chi connectivity index (χ3v) is 3.58. The van der Waals surface area contributed by atoms with Crippen molar-refractivity contribution in [3.63, 3.8) is 0 Å². The number of nitrogens with one attached hydrogen (secondary N) is 1. The summed E-state index contributed by atoms with van der Waals surface area (Å²) in [5.74, 6) is -0.303. The third-order valence-electron chi connectivity index (χ3n) is 3.58. The largest absolute Gasteiger partial charge is 0.358 e. The number of rotatable bonds is 0. The molecule has 3 rings (SSSR count). The predicted octanol–water partition coefficient (Wildman–Crippen LogP) is 2.53. The van der Waals surface area contributed by atoms with Crippen molar-refractivity contribution in [2.45, 2.75) is 31.7 Å². The minimum absolute atomic E-state index is 0.00463. The number of fused-ring (bicyclic) bond motifs is 3. The molecule has 2 aliphatic heterocycles. The molecule has 1 unspecified atom stereocenters. The Kier molecular flexibility index (Phi) is 2.50. The quantitative estimate of drug-likeness (QED) is 0.748. The first-order chi connectivity index (χ1) is 8.25. The maximum atomic E-state index is 13.2. The lowest BCUT2D eigenvalue weighted by Gasteiger charge is -2.36. The van der Waals surface area contributed by atoms with Gasteiger partial charge in [0.2, 0.25) is 5.91 Å². The van der Waals surface area contributed by atoms with Crippen molar-refractivity contribution in [3.8, 4) is 0 Å². The molecule has 0 radical (unpaired) electrons. The van der Waals surface area contributed by atoms with Gasteiger partial charge in [0, 0.05) is 6.54 Å². The Morgan fingerprint density at radius 3 is 3.06 bits per heavy atom. The number of benzene rings is 1. The van der Waals surface area contributed by atoms with Crippen LogP contribution in [0.5, 0.6) is 0 Å². The molecule has 3 nitrogen and oxygen atoms in total. The van der Waals surface area contributed by atoms with E-state index in [0.29, 0.717) is 5.69 Å². The van der Waals surface area contributed by atoms with Gasteiger partial charge in [0.25, 0.3) is 0 Å². The number of carbonyl (C=O) groups is 1. The monoisotopic (exact) mass is 234 g/mol. The van der Waals surface area contributed by atoms with Gasteiger partial charge in [-0.2, -0.15) is 0 Å². The van der Waals surface area contributed by atoms with Crippen molar-refractivity contribution in [1.82, 2.24) is 0 Å². The Morgan fingerprint density at radius 2 is 2.18 bits per heavy atom. The van der Waals surface area contributed by atoms with Gasteiger partial charge in [0.05, 0.1) is 11.4 Å². The van der Waals surface area contributed by atoms with Gasteiger partial charge in [0.1, 0.15) is 11.9 Å². The number of amides is 1. The maximum Gasteiger partial charge on any atom is 0.247 e. The Bertz CT molecular complexity index is 461. The van der Waals surface area contributed by atoms with Crippen molar-refractivity contribution in [2.75, 3.05) is 16.8 Å². The zero-order valence-electron chi connectivity index (χ0n) is 9.58. The lowest BCUT2D eigenvalue weighted by Crippen LogP contribution is -2.47. The lowest BCUT2D eigenvalue weighted by atomic mass is 10.0. The van der Waals surface area contributed by atoms with Gasteiger partial charge in [-0.25, -0.2) is 4.39 Å². The normalized spacial score (nSPS) is 23.5. The molecule has 0 aliphatic carbocycles. The van der Waals surface area contributed by atoms with Crippen LogP contribution in [0.1, 0.15) is 25.7 Å². The Labute approximate surface area is 99.6 Å². The van der Waals surface area contributed by atoms with E-state index in [1.165, 1.54) is 12.1 Å². The molecule has 1 aromatic carbocycles. The van der Waals surface area contributed by atoms with E-state index in [-0.39, 0.29) is 17.8 Å². The van der Waals surface area contributed by atoms with Crippen LogP contribution >= 0.6 is 0 Å². The average molecular weight is 234 g/mol. The highest BCUT2D eigenvalue weighted by atomic mass is 19.1. The van der Waals surface area contributed by atoms with E-state index >= 15 is 0 Å². The predicted molar refractivity (Wildman–Crippen MR) is 64.6 cm³/mol. The van der Waals surface area contributed by atoms with Gasteiger partial charge < -0.3 is 10.2 Å². The highest BCUT2D eigenvalue weighted by molar-refractivity contribution is 6.03. The summed E-state index contributed by atoms with van der Waals surface area (Å²) in [4.78, 5) is 14.1. The van der Waals surface area contributed by atoms with Crippen LogP contribution in [-0.4, -0.2) is 18.5 Å². The standard InChI is InChI=1S/C13H15FN2O/c14-9-5-6-11-10(8-9)15-13(17)12-4-2-1-3-7-16(11)12/h5-6,8,12H,1-4,7H2,(H,15,17). The zero-order chi connectivity index (χ0) is 11.8. The third kappa shape index (κ3) is 1.77. The number of hydrogen-bond donors (Lipinski definition) is 1. The Morgan fingerprint density at radius 1 is 1.29 bits per heavy atom. The van der Waals surface area contributed by atoms with Crippen LogP contribution in [0.3, 0.4) is 0 Å². The molecular weight excluding hydrogens is 219 g/mol. The summed E-state index contributed by atoms with van der Waals surface area (Å²) >= 11 is 0. The Hall–Kier alpha value is -1.58. The summed E-state index contributed by atoms with van der Waals surface area (Å²) in [6.07, 6.45) is 4.24. The van der Waals surface area contributed by atoms with Crippen molar-refractivity contribution < 1.29 is 9.18 Å². The van der Waals surface area contributed by atoms with Crippen molar-refractivity contribution in [1.29, 1.82) is 0 Å². The molecule has 1 aromatic rings. The van der Waals surface area contributed by atoms with Crippen LogP contribution in [0, 0.1) is 5.82 Å². The smallest absolute Gasteiger partial charge is 0.247 e. The van der Waals surface area contributed by atoms with Crippen molar-refractivity contribution >= 4 is 17.3 Å². The average Bonchev–Trinajstić information content (AvgIpc) is 2.54. The topological polar surface area (TPSA) is 32.3 Å². The van der Waals surface area contributed by atoms with Crippen molar-refractivity contribution in [3.05, 3.63) is 24.0 Å². The molecule has 2 aliphatic rings. The summed E-state index contributed by atoms with van der Waals surface area (Å²) in [6.45, 7) is 0.886. The number of hydrogen-bond acceptors (Lipinski definition) is 2.